The summed E-state index contributed by atoms with van der Waals surface area (Å²) in [5.74, 6) is 0.195. The molecule has 122 valence electrons. The number of aryl methyl sites for hydroxylation is 1. The lowest BCUT2D eigenvalue weighted by molar-refractivity contribution is -0.132. The number of amides is 1. The highest BCUT2D eigenvalue weighted by molar-refractivity contribution is 5.77. The third kappa shape index (κ3) is 2.89. The summed E-state index contributed by atoms with van der Waals surface area (Å²) in [5, 5.41) is 0. The second-order valence-electron chi connectivity index (χ2n) is 6.20. The molecule has 4 rings (SSSR count). The van der Waals surface area contributed by atoms with Crippen molar-refractivity contribution in [2.75, 3.05) is 6.54 Å². The first kappa shape index (κ1) is 14.9. The Hall–Kier alpha value is -2.69. The zero-order chi connectivity index (χ0) is 16.4. The van der Waals surface area contributed by atoms with Crippen molar-refractivity contribution in [2.45, 2.75) is 31.7 Å². The Morgan fingerprint density at radius 3 is 2.96 bits per heavy atom. The molecule has 0 radical (unpaired) electrons. The molecule has 0 saturated carbocycles. The predicted octanol–water partition coefficient (Wildman–Crippen LogP) is 3.03. The zero-order valence-corrected chi connectivity index (χ0v) is 13.5. The molecule has 1 atom stereocenters. The van der Waals surface area contributed by atoms with E-state index in [1.807, 2.05) is 58.1 Å². The molecule has 3 aromatic heterocycles. The second-order valence-corrected chi connectivity index (χ2v) is 6.20. The first-order chi connectivity index (χ1) is 11.8. The van der Waals surface area contributed by atoms with Crippen molar-refractivity contribution in [3.63, 3.8) is 0 Å². The van der Waals surface area contributed by atoms with Crippen molar-refractivity contribution in [2.24, 2.45) is 0 Å². The lowest BCUT2D eigenvalue weighted by Crippen LogP contribution is -2.31. The highest BCUT2D eigenvalue weighted by Crippen LogP contribution is 2.31. The summed E-state index contributed by atoms with van der Waals surface area (Å²) >= 11 is 0. The molecule has 0 aliphatic carbocycles. The standard InChI is InChI=1S/C19H20N4O/c24-19(10-9-15-14-22-12-4-2-8-18(22)21-15)23-13-5-7-17(23)16-6-1-3-11-20-16/h1-4,6,8,11-12,14,17H,5,7,9-10,13H2/t17-/m1/s1. The average Bonchev–Trinajstić information content (AvgIpc) is 3.27. The number of pyridine rings is 2. The van der Waals surface area contributed by atoms with Crippen LogP contribution in [0.1, 0.15) is 36.7 Å². The van der Waals surface area contributed by atoms with Crippen LogP contribution in [0.4, 0.5) is 0 Å². The lowest BCUT2D eigenvalue weighted by Gasteiger charge is -2.24. The van der Waals surface area contributed by atoms with Gasteiger partial charge in [0.25, 0.3) is 0 Å². The van der Waals surface area contributed by atoms with Crippen LogP contribution in [-0.2, 0) is 11.2 Å². The van der Waals surface area contributed by atoms with E-state index < -0.39 is 0 Å². The van der Waals surface area contributed by atoms with Crippen LogP contribution in [0.5, 0.6) is 0 Å². The van der Waals surface area contributed by atoms with Gasteiger partial charge in [-0.1, -0.05) is 12.1 Å². The van der Waals surface area contributed by atoms with Crippen molar-refractivity contribution in [1.29, 1.82) is 0 Å². The zero-order valence-electron chi connectivity index (χ0n) is 13.5. The molecule has 0 unspecified atom stereocenters. The largest absolute Gasteiger partial charge is 0.334 e. The van der Waals surface area contributed by atoms with Crippen molar-refractivity contribution >= 4 is 11.6 Å². The van der Waals surface area contributed by atoms with Gasteiger partial charge in [-0.15, -0.1) is 0 Å². The molecule has 1 aliphatic rings. The van der Waals surface area contributed by atoms with E-state index in [0.717, 1.165) is 36.4 Å². The van der Waals surface area contributed by atoms with Crippen molar-refractivity contribution in [3.8, 4) is 0 Å². The van der Waals surface area contributed by atoms with Gasteiger partial charge in [0.2, 0.25) is 5.91 Å². The number of aromatic nitrogens is 3. The van der Waals surface area contributed by atoms with E-state index in [1.165, 1.54) is 0 Å². The van der Waals surface area contributed by atoms with Crippen LogP contribution < -0.4 is 0 Å². The van der Waals surface area contributed by atoms with E-state index in [4.69, 9.17) is 0 Å². The summed E-state index contributed by atoms with van der Waals surface area (Å²) in [7, 11) is 0. The van der Waals surface area contributed by atoms with Gasteiger partial charge in [-0.25, -0.2) is 4.98 Å². The molecule has 5 heteroatoms. The van der Waals surface area contributed by atoms with Gasteiger partial charge in [-0.05, 0) is 43.5 Å². The molecule has 4 heterocycles. The SMILES string of the molecule is O=C(CCc1cn2ccccc2n1)N1CCC[C@@H]1c1ccccn1. The molecule has 0 N–H and O–H groups in total. The van der Waals surface area contributed by atoms with E-state index >= 15 is 0 Å². The molecule has 0 bridgehead atoms. The smallest absolute Gasteiger partial charge is 0.223 e. The van der Waals surface area contributed by atoms with Crippen LogP contribution in [0.2, 0.25) is 0 Å². The third-order valence-electron chi connectivity index (χ3n) is 4.61. The van der Waals surface area contributed by atoms with Crippen LogP contribution in [0.3, 0.4) is 0 Å². The van der Waals surface area contributed by atoms with Crippen LogP contribution in [0.25, 0.3) is 5.65 Å². The number of fused-ring (bicyclic) bond motifs is 1. The third-order valence-corrected chi connectivity index (χ3v) is 4.61. The van der Waals surface area contributed by atoms with Crippen LogP contribution >= 0.6 is 0 Å². The Morgan fingerprint density at radius 2 is 2.12 bits per heavy atom. The van der Waals surface area contributed by atoms with Gasteiger partial charge in [-0.2, -0.15) is 0 Å². The quantitative estimate of drug-likeness (QED) is 0.742. The monoisotopic (exact) mass is 320 g/mol. The van der Waals surface area contributed by atoms with Gasteiger partial charge in [-0.3, -0.25) is 9.78 Å². The van der Waals surface area contributed by atoms with Crippen molar-refractivity contribution in [1.82, 2.24) is 19.3 Å². The Bertz CT molecular complexity index is 810. The molecule has 1 saturated heterocycles. The summed E-state index contributed by atoms with van der Waals surface area (Å²) in [6.07, 6.45) is 8.98. The number of likely N-dealkylation sites (tertiary alicyclic amines) is 1. The summed E-state index contributed by atoms with van der Waals surface area (Å²) in [4.78, 5) is 23.7. The molecule has 5 nitrogen and oxygen atoms in total. The topological polar surface area (TPSA) is 50.5 Å². The Labute approximate surface area is 141 Å². The summed E-state index contributed by atoms with van der Waals surface area (Å²) in [6, 6.07) is 12.0. The molecular formula is C19H20N4O. The van der Waals surface area contributed by atoms with Gasteiger partial charge in [0.05, 0.1) is 17.4 Å². The number of carbonyl (C=O) groups excluding carboxylic acids is 1. The molecule has 24 heavy (non-hydrogen) atoms. The number of nitrogens with zero attached hydrogens (tertiary/aromatic N) is 4. The molecule has 1 amide bonds. The van der Waals surface area contributed by atoms with Crippen LogP contribution in [-0.4, -0.2) is 31.7 Å². The summed E-state index contributed by atoms with van der Waals surface area (Å²) in [6.45, 7) is 0.825. The molecule has 0 aromatic carbocycles. The Balaban J connectivity index is 1.43. The normalized spacial score (nSPS) is 17.5. The van der Waals surface area contributed by atoms with Gasteiger partial charge < -0.3 is 9.30 Å². The Morgan fingerprint density at radius 1 is 1.21 bits per heavy atom. The summed E-state index contributed by atoms with van der Waals surface area (Å²) in [5.41, 5.74) is 2.88. The number of rotatable bonds is 4. The fraction of sp³-hybridized carbons (Fsp3) is 0.316. The minimum Gasteiger partial charge on any atom is -0.334 e. The fourth-order valence-electron chi connectivity index (χ4n) is 3.43. The summed E-state index contributed by atoms with van der Waals surface area (Å²) < 4.78 is 1.99. The van der Waals surface area contributed by atoms with E-state index in [-0.39, 0.29) is 11.9 Å². The second kappa shape index (κ2) is 6.43. The molecule has 0 spiro atoms. The van der Waals surface area contributed by atoms with Crippen LogP contribution in [0, 0.1) is 0 Å². The fourth-order valence-corrected chi connectivity index (χ4v) is 3.43. The minimum atomic E-state index is 0.125. The van der Waals surface area contributed by atoms with Gasteiger partial charge in [0, 0.05) is 31.6 Å². The maximum atomic E-state index is 12.7. The molecule has 1 aliphatic heterocycles. The van der Waals surface area contributed by atoms with Crippen LogP contribution in [0.15, 0.2) is 55.0 Å². The molecule has 3 aromatic rings. The average molecular weight is 320 g/mol. The molecular weight excluding hydrogens is 300 g/mol. The minimum absolute atomic E-state index is 0.125. The number of imidazole rings is 1. The van der Waals surface area contributed by atoms with Crippen molar-refractivity contribution < 1.29 is 4.79 Å². The van der Waals surface area contributed by atoms with E-state index in [0.29, 0.717) is 12.8 Å². The first-order valence-corrected chi connectivity index (χ1v) is 8.44. The van der Waals surface area contributed by atoms with E-state index in [9.17, 15) is 4.79 Å². The first-order valence-electron chi connectivity index (χ1n) is 8.44. The highest BCUT2D eigenvalue weighted by atomic mass is 16.2. The Kier molecular flexibility index (Phi) is 3.99. The maximum absolute atomic E-state index is 12.7. The van der Waals surface area contributed by atoms with Gasteiger partial charge in [0.1, 0.15) is 5.65 Å². The number of hydrogen-bond acceptors (Lipinski definition) is 3. The van der Waals surface area contributed by atoms with Crippen molar-refractivity contribution in [3.05, 3.63) is 66.4 Å². The maximum Gasteiger partial charge on any atom is 0.223 e. The lowest BCUT2D eigenvalue weighted by atomic mass is 10.1. The number of hydrogen-bond donors (Lipinski definition) is 0. The van der Waals surface area contributed by atoms with E-state index in [1.54, 1.807) is 6.20 Å². The number of carbonyl (C=O) groups is 1. The highest BCUT2D eigenvalue weighted by Gasteiger charge is 2.30. The predicted molar refractivity (Wildman–Crippen MR) is 91.4 cm³/mol. The van der Waals surface area contributed by atoms with Gasteiger partial charge >= 0.3 is 0 Å². The van der Waals surface area contributed by atoms with Gasteiger partial charge in [0.15, 0.2) is 0 Å². The van der Waals surface area contributed by atoms with E-state index in [2.05, 4.69) is 9.97 Å². The molecule has 1 fully saturated rings.